The first-order valence-electron chi connectivity index (χ1n) is 10.7. The number of halogens is 1. The number of benzene rings is 2. The lowest BCUT2D eigenvalue weighted by Crippen LogP contribution is -2.41. The van der Waals surface area contributed by atoms with Crippen LogP contribution in [0.2, 0.25) is 5.02 Å². The van der Waals surface area contributed by atoms with Gasteiger partial charge in [0.25, 0.3) is 5.91 Å². The van der Waals surface area contributed by atoms with E-state index in [1.165, 1.54) is 12.1 Å². The number of anilines is 1. The molecule has 8 nitrogen and oxygen atoms in total. The van der Waals surface area contributed by atoms with Crippen LogP contribution in [0.5, 0.6) is 0 Å². The third-order valence-electron chi connectivity index (χ3n) is 5.51. The van der Waals surface area contributed by atoms with Gasteiger partial charge in [-0.2, -0.15) is 0 Å². The van der Waals surface area contributed by atoms with Crippen molar-refractivity contribution < 1.29 is 22.7 Å². The molecule has 33 heavy (non-hydrogen) atoms. The van der Waals surface area contributed by atoms with E-state index in [0.29, 0.717) is 55.2 Å². The monoisotopic (exact) mass is 493 g/mol. The maximum absolute atomic E-state index is 12.7. The van der Waals surface area contributed by atoms with Crippen molar-refractivity contribution in [3.63, 3.8) is 0 Å². The summed E-state index contributed by atoms with van der Waals surface area (Å²) in [5.74, 6) is -0.508. The number of piperidine rings is 1. The highest BCUT2D eigenvalue weighted by atomic mass is 35.5. The van der Waals surface area contributed by atoms with Crippen LogP contribution in [0.1, 0.15) is 29.6 Å². The van der Waals surface area contributed by atoms with Crippen LogP contribution in [-0.2, 0) is 19.6 Å². The van der Waals surface area contributed by atoms with Crippen molar-refractivity contribution in [3.8, 4) is 0 Å². The Hall–Kier alpha value is -2.46. The number of hydrogen-bond donors (Lipinski definition) is 2. The predicted octanol–water partition coefficient (Wildman–Crippen LogP) is 3.15. The molecular weight excluding hydrogens is 466 g/mol. The molecule has 178 valence electrons. The standard InChI is InChI=1S/C23H28ClN3O5S/c1-32-16-4-13-25-33(30,31)19-9-7-18(8-10-19)26-22(28)17-11-14-27(15-12-17)23(29)20-5-2-3-6-21(20)24/h2-3,5-10,17,25H,4,11-16H2,1H3,(H,26,28). The number of sulfonamides is 1. The fourth-order valence-corrected chi connectivity index (χ4v) is 4.91. The minimum absolute atomic E-state index is 0.129. The molecule has 2 amide bonds. The Morgan fingerprint density at radius 3 is 2.39 bits per heavy atom. The summed E-state index contributed by atoms with van der Waals surface area (Å²) in [4.78, 5) is 27.2. The first kappa shape index (κ1) is 25.2. The van der Waals surface area contributed by atoms with Crippen LogP contribution in [0, 0.1) is 5.92 Å². The third-order valence-corrected chi connectivity index (χ3v) is 7.31. The number of carbonyl (C=O) groups is 2. The second kappa shape index (κ2) is 11.6. The van der Waals surface area contributed by atoms with Crippen molar-refractivity contribution in [2.24, 2.45) is 5.92 Å². The van der Waals surface area contributed by atoms with Crippen LogP contribution in [0.4, 0.5) is 5.69 Å². The molecule has 3 rings (SSSR count). The zero-order valence-electron chi connectivity index (χ0n) is 18.4. The average molecular weight is 494 g/mol. The van der Waals surface area contributed by atoms with Gasteiger partial charge in [-0.25, -0.2) is 13.1 Å². The van der Waals surface area contributed by atoms with Crippen molar-refractivity contribution in [1.29, 1.82) is 0 Å². The maximum Gasteiger partial charge on any atom is 0.255 e. The molecule has 1 fully saturated rings. The van der Waals surface area contributed by atoms with Gasteiger partial charge in [-0.3, -0.25) is 9.59 Å². The Bertz CT molecular complexity index is 1070. The zero-order chi connectivity index (χ0) is 23.8. The summed E-state index contributed by atoms with van der Waals surface area (Å²) in [5.41, 5.74) is 0.984. The van der Waals surface area contributed by atoms with Gasteiger partial charge < -0.3 is 15.0 Å². The second-order valence-corrected chi connectivity index (χ2v) is 9.98. The molecule has 0 aliphatic carbocycles. The van der Waals surface area contributed by atoms with Crippen LogP contribution in [0.15, 0.2) is 53.4 Å². The molecule has 0 atom stereocenters. The van der Waals surface area contributed by atoms with E-state index in [4.69, 9.17) is 16.3 Å². The highest BCUT2D eigenvalue weighted by Gasteiger charge is 2.28. The van der Waals surface area contributed by atoms with Crippen molar-refractivity contribution >= 4 is 39.1 Å². The van der Waals surface area contributed by atoms with Gasteiger partial charge in [0.2, 0.25) is 15.9 Å². The molecule has 1 saturated heterocycles. The SMILES string of the molecule is COCCCNS(=O)(=O)c1ccc(NC(=O)C2CCN(C(=O)c3ccccc3Cl)CC2)cc1. The van der Waals surface area contributed by atoms with Crippen LogP contribution in [0.25, 0.3) is 0 Å². The number of carbonyl (C=O) groups excluding carboxylic acids is 2. The Morgan fingerprint density at radius 1 is 1.09 bits per heavy atom. The van der Waals surface area contributed by atoms with Gasteiger partial charge in [-0.05, 0) is 55.7 Å². The zero-order valence-corrected chi connectivity index (χ0v) is 20.0. The molecule has 0 radical (unpaired) electrons. The lowest BCUT2D eigenvalue weighted by atomic mass is 9.95. The molecule has 0 aromatic heterocycles. The van der Waals surface area contributed by atoms with E-state index in [0.717, 1.165) is 0 Å². The highest BCUT2D eigenvalue weighted by molar-refractivity contribution is 7.89. The Balaban J connectivity index is 1.51. The number of ether oxygens (including phenoxy) is 1. The third kappa shape index (κ3) is 6.77. The number of hydrogen-bond acceptors (Lipinski definition) is 5. The van der Waals surface area contributed by atoms with E-state index in [1.807, 2.05) is 0 Å². The van der Waals surface area contributed by atoms with Gasteiger partial charge in [0, 0.05) is 45.0 Å². The quantitative estimate of drug-likeness (QED) is 0.522. The van der Waals surface area contributed by atoms with Crippen LogP contribution < -0.4 is 10.0 Å². The van der Waals surface area contributed by atoms with Crippen molar-refractivity contribution in [3.05, 3.63) is 59.1 Å². The fraction of sp³-hybridized carbons (Fsp3) is 0.391. The summed E-state index contributed by atoms with van der Waals surface area (Å²) in [6, 6.07) is 13.0. The minimum atomic E-state index is -3.61. The molecule has 0 saturated carbocycles. The highest BCUT2D eigenvalue weighted by Crippen LogP contribution is 2.24. The Labute approximate surface area is 199 Å². The van der Waals surface area contributed by atoms with E-state index in [-0.39, 0.29) is 29.2 Å². The predicted molar refractivity (Wildman–Crippen MR) is 127 cm³/mol. The number of methoxy groups -OCH3 is 1. The molecule has 0 bridgehead atoms. The summed E-state index contributed by atoms with van der Waals surface area (Å²) in [7, 11) is -2.05. The normalized spacial score (nSPS) is 14.8. The van der Waals surface area contributed by atoms with Gasteiger partial charge >= 0.3 is 0 Å². The molecule has 10 heteroatoms. The lowest BCUT2D eigenvalue weighted by molar-refractivity contribution is -0.121. The van der Waals surface area contributed by atoms with Crippen molar-refractivity contribution in [2.75, 3.05) is 38.7 Å². The number of amides is 2. The summed E-state index contributed by atoms with van der Waals surface area (Å²) < 4.78 is 32.0. The van der Waals surface area contributed by atoms with E-state index < -0.39 is 10.0 Å². The molecule has 1 aliphatic rings. The van der Waals surface area contributed by atoms with E-state index in [1.54, 1.807) is 48.4 Å². The molecule has 0 unspecified atom stereocenters. The van der Waals surface area contributed by atoms with Gasteiger partial charge in [0.1, 0.15) is 0 Å². The molecule has 1 heterocycles. The van der Waals surface area contributed by atoms with Gasteiger partial charge in [0.05, 0.1) is 15.5 Å². The van der Waals surface area contributed by atoms with Crippen LogP contribution >= 0.6 is 11.6 Å². The molecule has 2 aromatic carbocycles. The second-order valence-electron chi connectivity index (χ2n) is 7.80. The van der Waals surface area contributed by atoms with Crippen LogP contribution in [-0.4, -0.2) is 58.5 Å². The first-order valence-corrected chi connectivity index (χ1v) is 12.6. The molecule has 1 aliphatic heterocycles. The first-order chi connectivity index (χ1) is 15.8. The molecule has 2 aromatic rings. The fourth-order valence-electron chi connectivity index (χ4n) is 3.62. The van der Waals surface area contributed by atoms with Gasteiger partial charge in [-0.15, -0.1) is 0 Å². The summed E-state index contributed by atoms with van der Waals surface area (Å²) in [5, 5.41) is 3.25. The van der Waals surface area contributed by atoms with Crippen LogP contribution in [0.3, 0.4) is 0 Å². The van der Waals surface area contributed by atoms with Gasteiger partial charge in [-0.1, -0.05) is 23.7 Å². The average Bonchev–Trinajstić information content (AvgIpc) is 2.82. The van der Waals surface area contributed by atoms with Crippen molar-refractivity contribution in [2.45, 2.75) is 24.2 Å². The largest absolute Gasteiger partial charge is 0.385 e. The number of nitrogens with one attached hydrogen (secondary N) is 2. The summed E-state index contributed by atoms with van der Waals surface area (Å²) in [6.07, 6.45) is 1.66. The van der Waals surface area contributed by atoms with E-state index in [2.05, 4.69) is 10.0 Å². The lowest BCUT2D eigenvalue weighted by Gasteiger charge is -2.31. The van der Waals surface area contributed by atoms with Gasteiger partial charge in [0.15, 0.2) is 0 Å². The minimum Gasteiger partial charge on any atom is -0.385 e. The number of likely N-dealkylation sites (tertiary alicyclic amines) is 1. The van der Waals surface area contributed by atoms with E-state index in [9.17, 15) is 18.0 Å². The van der Waals surface area contributed by atoms with Crippen molar-refractivity contribution in [1.82, 2.24) is 9.62 Å². The molecule has 2 N–H and O–H groups in total. The van der Waals surface area contributed by atoms with E-state index >= 15 is 0 Å². The topological polar surface area (TPSA) is 105 Å². The Kier molecular flexibility index (Phi) is 8.85. The number of nitrogens with zero attached hydrogens (tertiary/aromatic N) is 1. The summed E-state index contributed by atoms with van der Waals surface area (Å²) >= 11 is 6.13. The molecule has 0 spiro atoms. The summed E-state index contributed by atoms with van der Waals surface area (Å²) in [6.45, 7) is 1.69. The number of rotatable bonds is 9. The Morgan fingerprint density at radius 2 is 1.76 bits per heavy atom. The molecular formula is C23H28ClN3O5S. The maximum atomic E-state index is 12.7. The smallest absolute Gasteiger partial charge is 0.255 e.